The Labute approximate surface area is 207 Å². The van der Waals surface area contributed by atoms with Crippen molar-refractivity contribution in [2.45, 2.75) is 19.9 Å². The molecule has 0 spiro atoms. The number of rotatable bonds is 6. The average Bonchev–Trinajstić information content (AvgIpc) is 3.40. The summed E-state index contributed by atoms with van der Waals surface area (Å²) in [6.45, 7) is 2.48. The van der Waals surface area contributed by atoms with Gasteiger partial charge in [0, 0.05) is 22.7 Å². The Hall–Kier alpha value is -4.16. The number of anilines is 1. The standard InChI is InChI=1S/C29H24N2O3S/c1-2-20-15-22-5-3-4-6-26(22)30-28(20)21-7-9-23(10-8-21)31(17-19-13-14-35-18-19)29(34)25-12-11-24(32)16-27(25)33/h3-16,18,32-33H,2,17H2,1H3. The van der Waals surface area contributed by atoms with Crippen LogP contribution in [0.5, 0.6) is 11.5 Å². The molecule has 0 bridgehead atoms. The van der Waals surface area contributed by atoms with E-state index in [1.165, 1.54) is 18.2 Å². The summed E-state index contributed by atoms with van der Waals surface area (Å²) in [6.07, 6.45) is 0.859. The van der Waals surface area contributed by atoms with E-state index in [0.29, 0.717) is 12.2 Å². The largest absolute Gasteiger partial charge is 0.508 e. The molecular formula is C29H24N2O3S. The lowest BCUT2D eigenvalue weighted by molar-refractivity contribution is 0.0982. The molecule has 0 saturated heterocycles. The second-order valence-electron chi connectivity index (χ2n) is 8.31. The van der Waals surface area contributed by atoms with Gasteiger partial charge in [0.25, 0.3) is 5.91 Å². The third kappa shape index (κ3) is 4.61. The highest BCUT2D eigenvalue weighted by molar-refractivity contribution is 7.07. The molecule has 0 aliphatic heterocycles. The molecule has 2 N–H and O–H groups in total. The first-order valence-corrected chi connectivity index (χ1v) is 12.3. The number of hydrogen-bond acceptors (Lipinski definition) is 5. The SMILES string of the molecule is CCc1cc2ccccc2nc1-c1ccc(N(Cc2ccsc2)C(=O)c2ccc(O)cc2O)cc1. The van der Waals surface area contributed by atoms with E-state index < -0.39 is 0 Å². The Morgan fingerprint density at radius 2 is 1.77 bits per heavy atom. The minimum Gasteiger partial charge on any atom is -0.508 e. The van der Waals surface area contributed by atoms with Crippen LogP contribution in [0.4, 0.5) is 5.69 Å². The van der Waals surface area contributed by atoms with E-state index in [-0.39, 0.29) is 23.0 Å². The summed E-state index contributed by atoms with van der Waals surface area (Å²) in [5, 5.41) is 25.0. The lowest BCUT2D eigenvalue weighted by Gasteiger charge is -2.23. The lowest BCUT2D eigenvalue weighted by atomic mass is 10.0. The molecule has 0 fully saturated rings. The van der Waals surface area contributed by atoms with E-state index in [4.69, 9.17) is 4.98 Å². The van der Waals surface area contributed by atoms with E-state index in [9.17, 15) is 15.0 Å². The molecule has 0 aliphatic rings. The summed E-state index contributed by atoms with van der Waals surface area (Å²) in [5.74, 6) is -0.697. The highest BCUT2D eigenvalue weighted by Gasteiger charge is 2.22. The van der Waals surface area contributed by atoms with Gasteiger partial charge in [-0.3, -0.25) is 4.79 Å². The van der Waals surface area contributed by atoms with Crippen LogP contribution >= 0.6 is 11.3 Å². The molecule has 0 aliphatic carbocycles. The van der Waals surface area contributed by atoms with Crippen LogP contribution in [-0.4, -0.2) is 21.1 Å². The second kappa shape index (κ2) is 9.60. The van der Waals surface area contributed by atoms with Crippen molar-refractivity contribution in [3.05, 3.63) is 106 Å². The maximum absolute atomic E-state index is 13.5. The zero-order valence-corrected chi connectivity index (χ0v) is 20.0. The van der Waals surface area contributed by atoms with E-state index in [2.05, 4.69) is 19.1 Å². The number of amides is 1. The number of benzene rings is 3. The molecule has 35 heavy (non-hydrogen) atoms. The number of fused-ring (bicyclic) bond motifs is 1. The Morgan fingerprint density at radius 1 is 0.971 bits per heavy atom. The molecule has 6 heteroatoms. The number of para-hydroxylation sites is 1. The number of hydrogen-bond donors (Lipinski definition) is 2. The lowest BCUT2D eigenvalue weighted by Crippen LogP contribution is -2.30. The number of phenols is 2. The predicted molar refractivity (Wildman–Crippen MR) is 141 cm³/mol. The molecule has 2 heterocycles. The Balaban J connectivity index is 1.53. The van der Waals surface area contributed by atoms with Gasteiger partial charge in [0.1, 0.15) is 11.5 Å². The molecule has 2 aromatic heterocycles. The monoisotopic (exact) mass is 480 g/mol. The third-order valence-corrected chi connectivity index (χ3v) is 6.75. The number of carbonyl (C=O) groups excluding carboxylic acids is 1. The van der Waals surface area contributed by atoms with Crippen molar-refractivity contribution in [1.29, 1.82) is 0 Å². The van der Waals surface area contributed by atoms with E-state index in [0.717, 1.165) is 39.7 Å². The van der Waals surface area contributed by atoms with Crippen LogP contribution in [0.3, 0.4) is 0 Å². The number of phenolic OH excluding ortho intramolecular Hbond substituents is 2. The second-order valence-corrected chi connectivity index (χ2v) is 9.09. The van der Waals surface area contributed by atoms with Gasteiger partial charge < -0.3 is 15.1 Å². The Bertz CT molecular complexity index is 1490. The average molecular weight is 481 g/mol. The number of aromatic nitrogens is 1. The van der Waals surface area contributed by atoms with Crippen LogP contribution in [0.25, 0.3) is 22.2 Å². The summed E-state index contributed by atoms with van der Waals surface area (Å²) < 4.78 is 0. The Morgan fingerprint density at radius 3 is 2.49 bits per heavy atom. The molecule has 5 rings (SSSR count). The summed E-state index contributed by atoms with van der Waals surface area (Å²) >= 11 is 1.57. The van der Waals surface area contributed by atoms with Gasteiger partial charge in [0.15, 0.2) is 0 Å². The quantitative estimate of drug-likeness (QED) is 0.281. The maximum atomic E-state index is 13.5. The number of pyridine rings is 1. The number of aromatic hydroxyl groups is 2. The molecule has 0 saturated carbocycles. The first-order valence-electron chi connectivity index (χ1n) is 11.4. The van der Waals surface area contributed by atoms with Crippen LogP contribution in [-0.2, 0) is 13.0 Å². The minimum absolute atomic E-state index is 0.0950. The van der Waals surface area contributed by atoms with Crippen molar-refractivity contribution < 1.29 is 15.0 Å². The zero-order valence-electron chi connectivity index (χ0n) is 19.2. The number of nitrogens with zero attached hydrogens (tertiary/aromatic N) is 2. The summed E-state index contributed by atoms with van der Waals surface area (Å²) in [4.78, 5) is 20.0. The molecule has 5 aromatic rings. The van der Waals surface area contributed by atoms with Crippen LogP contribution in [0.2, 0.25) is 0 Å². The first-order chi connectivity index (χ1) is 17.0. The molecular weight excluding hydrogens is 456 g/mol. The Kier molecular flexibility index (Phi) is 6.21. The van der Waals surface area contributed by atoms with Crippen LogP contribution in [0.1, 0.15) is 28.4 Å². The summed E-state index contributed by atoms with van der Waals surface area (Å²) in [6, 6.07) is 24.0. The van der Waals surface area contributed by atoms with Crippen molar-refractivity contribution in [2.75, 3.05) is 4.90 Å². The number of thiophene rings is 1. The van der Waals surface area contributed by atoms with Crippen molar-refractivity contribution in [1.82, 2.24) is 4.98 Å². The van der Waals surface area contributed by atoms with E-state index >= 15 is 0 Å². The molecule has 174 valence electrons. The van der Waals surface area contributed by atoms with Crippen LogP contribution < -0.4 is 4.90 Å². The van der Waals surface area contributed by atoms with E-state index in [1.807, 2.05) is 59.3 Å². The predicted octanol–water partition coefficient (Wildman–Crippen LogP) is 6.78. The maximum Gasteiger partial charge on any atom is 0.262 e. The van der Waals surface area contributed by atoms with Crippen LogP contribution in [0, 0.1) is 0 Å². The smallest absolute Gasteiger partial charge is 0.262 e. The van der Waals surface area contributed by atoms with Crippen molar-refractivity contribution in [2.24, 2.45) is 0 Å². The highest BCUT2D eigenvalue weighted by atomic mass is 32.1. The fourth-order valence-corrected chi connectivity index (χ4v) is 4.83. The van der Waals surface area contributed by atoms with Gasteiger partial charge in [-0.15, -0.1) is 0 Å². The third-order valence-electron chi connectivity index (χ3n) is 6.01. The number of carbonyl (C=O) groups is 1. The van der Waals surface area contributed by atoms with Crippen molar-refractivity contribution in [3.63, 3.8) is 0 Å². The summed E-state index contributed by atoms with van der Waals surface area (Å²) in [7, 11) is 0. The fourth-order valence-electron chi connectivity index (χ4n) is 4.17. The van der Waals surface area contributed by atoms with Gasteiger partial charge in [0.2, 0.25) is 0 Å². The topological polar surface area (TPSA) is 73.7 Å². The van der Waals surface area contributed by atoms with Gasteiger partial charge in [-0.1, -0.05) is 37.3 Å². The van der Waals surface area contributed by atoms with Gasteiger partial charge in [-0.2, -0.15) is 11.3 Å². The molecule has 3 aromatic carbocycles. The zero-order chi connectivity index (χ0) is 24.4. The summed E-state index contributed by atoms with van der Waals surface area (Å²) in [5.41, 5.74) is 5.85. The normalized spacial score (nSPS) is 11.0. The van der Waals surface area contributed by atoms with Gasteiger partial charge >= 0.3 is 0 Å². The first kappa shape index (κ1) is 22.6. The van der Waals surface area contributed by atoms with Gasteiger partial charge in [-0.05, 0) is 70.8 Å². The van der Waals surface area contributed by atoms with Gasteiger partial charge in [0.05, 0.1) is 23.3 Å². The minimum atomic E-state index is -0.348. The molecule has 0 atom stereocenters. The molecule has 1 amide bonds. The van der Waals surface area contributed by atoms with Gasteiger partial charge in [-0.25, -0.2) is 4.98 Å². The molecule has 0 radical (unpaired) electrons. The highest BCUT2D eigenvalue weighted by Crippen LogP contribution is 2.31. The fraction of sp³-hybridized carbons (Fsp3) is 0.103. The van der Waals surface area contributed by atoms with Crippen molar-refractivity contribution >= 4 is 33.8 Å². The number of aryl methyl sites for hydroxylation is 1. The van der Waals surface area contributed by atoms with E-state index in [1.54, 1.807) is 16.2 Å². The molecule has 5 nitrogen and oxygen atoms in total. The van der Waals surface area contributed by atoms with Crippen LogP contribution in [0.15, 0.2) is 89.6 Å². The van der Waals surface area contributed by atoms with Crippen molar-refractivity contribution in [3.8, 4) is 22.8 Å². The molecule has 0 unspecified atom stereocenters.